The molecule has 10 heavy (non-hydrogen) atoms. The van der Waals surface area contributed by atoms with Crippen molar-refractivity contribution in [3.63, 3.8) is 0 Å². The Bertz CT molecular complexity index is 217. The highest BCUT2D eigenvalue weighted by Crippen LogP contribution is 2.22. The summed E-state index contributed by atoms with van der Waals surface area (Å²) in [5, 5.41) is 8.87. The number of para-hydroxylation sites is 1. The molecule has 0 aromatic heterocycles. The van der Waals surface area contributed by atoms with Gasteiger partial charge in [-0.05, 0) is 12.1 Å². The van der Waals surface area contributed by atoms with Crippen LogP contribution in [0.1, 0.15) is 0 Å². The Hall–Kier alpha value is -0.665. The zero-order chi connectivity index (χ0) is 7.40. The van der Waals surface area contributed by atoms with Crippen LogP contribution in [0.3, 0.4) is 0 Å². The van der Waals surface area contributed by atoms with E-state index in [2.05, 4.69) is 0 Å². The maximum atomic E-state index is 8.36. The summed E-state index contributed by atoms with van der Waals surface area (Å²) >= 11 is 5.67. The van der Waals surface area contributed by atoms with Crippen molar-refractivity contribution in [3.8, 4) is 5.75 Å². The molecule has 1 aromatic carbocycles. The molecule has 1 N–H and O–H groups in total. The van der Waals surface area contributed by atoms with Crippen molar-refractivity contribution in [2.24, 2.45) is 0 Å². The summed E-state index contributed by atoms with van der Waals surface area (Å²) in [6.45, 7) is 0. The van der Waals surface area contributed by atoms with Gasteiger partial charge in [0.2, 0.25) is 0 Å². The van der Waals surface area contributed by atoms with E-state index in [4.69, 9.17) is 21.3 Å². The smallest absolute Gasteiger partial charge is 0.504 e. The highest BCUT2D eigenvalue weighted by atomic mass is 35.5. The maximum Gasteiger partial charge on any atom is 0.504 e. The molecule has 1 aromatic rings. The molecular weight excluding hydrogens is 150 g/mol. The fraction of sp³-hybridized carbons (Fsp3) is 0. The third-order valence-corrected chi connectivity index (χ3v) is 1.37. The molecule has 0 saturated heterocycles. The molecule has 4 heteroatoms. The van der Waals surface area contributed by atoms with Crippen LogP contribution in [0.25, 0.3) is 0 Å². The summed E-state index contributed by atoms with van der Waals surface area (Å²) < 4.78 is 4.76. The van der Waals surface area contributed by atoms with Crippen LogP contribution in [-0.4, -0.2) is 12.7 Å². The summed E-state index contributed by atoms with van der Waals surface area (Å²) in [6.07, 6.45) is 0. The molecule has 0 atom stereocenters. The second-order valence-corrected chi connectivity index (χ2v) is 2.11. The Kier molecular flexibility index (Phi) is 2.60. The molecule has 0 radical (unpaired) electrons. The van der Waals surface area contributed by atoms with E-state index in [-0.39, 0.29) is 7.69 Å². The SMILES string of the molecule is OBOc1ccccc1Cl. The minimum absolute atomic E-state index is 0.344. The Morgan fingerprint density at radius 1 is 1.40 bits per heavy atom. The number of hydrogen-bond donors (Lipinski definition) is 1. The number of rotatable bonds is 2. The van der Waals surface area contributed by atoms with Crippen molar-refractivity contribution in [2.75, 3.05) is 0 Å². The topological polar surface area (TPSA) is 29.5 Å². The van der Waals surface area contributed by atoms with Crippen LogP contribution in [0.4, 0.5) is 0 Å². The molecule has 0 heterocycles. The van der Waals surface area contributed by atoms with E-state index < -0.39 is 0 Å². The molecule has 0 fully saturated rings. The third kappa shape index (κ3) is 1.66. The van der Waals surface area contributed by atoms with Crippen molar-refractivity contribution < 1.29 is 9.68 Å². The number of halogens is 1. The number of hydrogen-bond acceptors (Lipinski definition) is 2. The normalized spacial score (nSPS) is 9.00. The first-order valence-electron chi connectivity index (χ1n) is 2.83. The largest absolute Gasteiger partial charge is 0.538 e. The third-order valence-electron chi connectivity index (χ3n) is 1.06. The summed E-state index contributed by atoms with van der Waals surface area (Å²) in [4.78, 5) is 0. The zero-order valence-electron chi connectivity index (χ0n) is 5.25. The number of benzene rings is 1. The van der Waals surface area contributed by atoms with Crippen LogP contribution >= 0.6 is 11.6 Å². The molecule has 0 saturated carbocycles. The molecule has 0 bridgehead atoms. The Balaban J connectivity index is 2.81. The van der Waals surface area contributed by atoms with Crippen LogP contribution in [0.15, 0.2) is 24.3 Å². The monoisotopic (exact) mass is 156 g/mol. The highest BCUT2D eigenvalue weighted by Gasteiger charge is 1.96. The Morgan fingerprint density at radius 3 is 2.70 bits per heavy atom. The van der Waals surface area contributed by atoms with E-state index in [1.165, 1.54) is 0 Å². The molecule has 0 aliphatic carbocycles. The van der Waals surface area contributed by atoms with Crippen LogP contribution in [0.2, 0.25) is 5.02 Å². The average molecular weight is 156 g/mol. The van der Waals surface area contributed by atoms with E-state index in [1.54, 1.807) is 24.3 Å². The van der Waals surface area contributed by atoms with Crippen molar-refractivity contribution in [1.29, 1.82) is 0 Å². The second kappa shape index (κ2) is 3.49. The van der Waals surface area contributed by atoms with Gasteiger partial charge in [-0.25, -0.2) is 0 Å². The van der Waals surface area contributed by atoms with Gasteiger partial charge in [0.1, 0.15) is 5.75 Å². The lowest BCUT2D eigenvalue weighted by atomic mass is 10.3. The lowest BCUT2D eigenvalue weighted by molar-refractivity contribution is 0.454. The fourth-order valence-corrected chi connectivity index (χ4v) is 0.822. The van der Waals surface area contributed by atoms with Crippen molar-refractivity contribution in [2.45, 2.75) is 0 Å². The zero-order valence-corrected chi connectivity index (χ0v) is 6.01. The van der Waals surface area contributed by atoms with Crippen LogP contribution in [0, 0.1) is 0 Å². The molecule has 0 amide bonds. The average Bonchev–Trinajstić information content (AvgIpc) is 1.94. The van der Waals surface area contributed by atoms with Gasteiger partial charge in [0, 0.05) is 0 Å². The van der Waals surface area contributed by atoms with E-state index >= 15 is 0 Å². The van der Waals surface area contributed by atoms with Gasteiger partial charge in [0.25, 0.3) is 0 Å². The fourth-order valence-electron chi connectivity index (χ4n) is 0.631. The predicted octanol–water partition coefficient (Wildman–Crippen LogP) is 0.978. The first-order chi connectivity index (χ1) is 4.84. The quantitative estimate of drug-likeness (QED) is 0.647. The minimum Gasteiger partial charge on any atom is -0.538 e. The summed E-state index contributed by atoms with van der Waals surface area (Å²) in [6, 6.07) is 6.98. The van der Waals surface area contributed by atoms with E-state index in [0.29, 0.717) is 10.8 Å². The molecule has 0 aliphatic rings. The van der Waals surface area contributed by atoms with Gasteiger partial charge in [0.15, 0.2) is 0 Å². The van der Waals surface area contributed by atoms with Gasteiger partial charge in [0.05, 0.1) is 5.02 Å². The molecule has 0 spiro atoms. The van der Waals surface area contributed by atoms with Crippen molar-refractivity contribution in [3.05, 3.63) is 29.3 Å². The standard InChI is InChI=1S/C6H6BClO2/c8-5-3-1-2-4-6(5)10-7-9/h1-4,7,9H. The Morgan fingerprint density at radius 2 is 2.10 bits per heavy atom. The van der Waals surface area contributed by atoms with Gasteiger partial charge in [-0.2, -0.15) is 0 Å². The van der Waals surface area contributed by atoms with Gasteiger partial charge >= 0.3 is 7.69 Å². The molecule has 2 nitrogen and oxygen atoms in total. The molecule has 0 aliphatic heterocycles. The lowest BCUT2D eigenvalue weighted by Gasteiger charge is -2.01. The molecule has 52 valence electrons. The van der Waals surface area contributed by atoms with Gasteiger partial charge in [-0.1, -0.05) is 23.7 Å². The molecule has 1 rings (SSSR count). The predicted molar refractivity (Wildman–Crippen MR) is 41.4 cm³/mol. The molecule has 0 unspecified atom stereocenters. The van der Waals surface area contributed by atoms with Gasteiger partial charge in [-0.15, -0.1) is 0 Å². The Labute approximate surface area is 64.7 Å². The van der Waals surface area contributed by atoms with Crippen LogP contribution in [0.5, 0.6) is 5.75 Å². The van der Waals surface area contributed by atoms with E-state index in [9.17, 15) is 0 Å². The van der Waals surface area contributed by atoms with E-state index in [0.717, 1.165) is 0 Å². The summed E-state index contributed by atoms with van der Waals surface area (Å²) in [5.41, 5.74) is 0. The molecular formula is C6H6BClO2. The van der Waals surface area contributed by atoms with Crippen LogP contribution in [-0.2, 0) is 0 Å². The minimum atomic E-state index is -0.344. The van der Waals surface area contributed by atoms with Crippen molar-refractivity contribution in [1.82, 2.24) is 0 Å². The highest BCUT2D eigenvalue weighted by molar-refractivity contribution is 6.32. The van der Waals surface area contributed by atoms with Gasteiger partial charge in [-0.3, -0.25) is 0 Å². The summed E-state index contributed by atoms with van der Waals surface area (Å²) in [5.74, 6) is 0.506. The van der Waals surface area contributed by atoms with E-state index in [1.807, 2.05) is 0 Å². The van der Waals surface area contributed by atoms with Gasteiger partial charge < -0.3 is 9.68 Å². The van der Waals surface area contributed by atoms with Crippen LogP contribution < -0.4 is 4.65 Å². The second-order valence-electron chi connectivity index (χ2n) is 1.70. The maximum absolute atomic E-state index is 8.36. The summed E-state index contributed by atoms with van der Waals surface area (Å²) in [7, 11) is -0.344. The van der Waals surface area contributed by atoms with Crippen molar-refractivity contribution >= 4 is 19.3 Å². The first kappa shape index (κ1) is 7.44. The first-order valence-corrected chi connectivity index (χ1v) is 3.20. The lowest BCUT2D eigenvalue weighted by Crippen LogP contribution is -1.99.